The van der Waals surface area contributed by atoms with Crippen molar-refractivity contribution in [1.82, 2.24) is 14.5 Å². The third kappa shape index (κ3) is 1.96. The maximum Gasteiger partial charge on any atom is 0.290 e. The fourth-order valence-electron chi connectivity index (χ4n) is 2.67. The number of aromatic nitrogens is 2. The van der Waals surface area contributed by atoms with Gasteiger partial charge in [-0.15, -0.1) is 0 Å². The molecule has 3 aromatic rings. The zero-order valence-electron chi connectivity index (χ0n) is 11.3. The van der Waals surface area contributed by atoms with Crippen molar-refractivity contribution in [3.63, 3.8) is 0 Å². The SMILES string of the molecule is Nc1ccc2oc(C(=O)N3CCn4ccnc4C3)cc2c1. The lowest BCUT2D eigenvalue weighted by molar-refractivity contribution is 0.0677. The van der Waals surface area contributed by atoms with E-state index in [0.717, 1.165) is 17.8 Å². The van der Waals surface area contributed by atoms with Crippen LogP contribution in [-0.2, 0) is 13.1 Å². The molecular formula is C15H14N4O2. The van der Waals surface area contributed by atoms with Gasteiger partial charge in [-0.3, -0.25) is 4.79 Å². The lowest BCUT2D eigenvalue weighted by atomic mass is 10.2. The molecule has 0 unspecified atom stereocenters. The Balaban J connectivity index is 1.64. The molecule has 0 saturated heterocycles. The van der Waals surface area contributed by atoms with Crippen molar-refractivity contribution in [3.8, 4) is 0 Å². The monoisotopic (exact) mass is 282 g/mol. The van der Waals surface area contributed by atoms with Crippen LogP contribution in [0, 0.1) is 0 Å². The van der Waals surface area contributed by atoms with E-state index in [1.54, 1.807) is 35.4 Å². The third-order valence-corrected chi connectivity index (χ3v) is 3.78. The summed E-state index contributed by atoms with van der Waals surface area (Å²) in [6.45, 7) is 1.92. The summed E-state index contributed by atoms with van der Waals surface area (Å²) >= 11 is 0. The molecule has 106 valence electrons. The van der Waals surface area contributed by atoms with Gasteiger partial charge in [-0.05, 0) is 24.3 Å². The van der Waals surface area contributed by atoms with Crippen LogP contribution in [0.3, 0.4) is 0 Å². The maximum absolute atomic E-state index is 12.5. The van der Waals surface area contributed by atoms with E-state index in [9.17, 15) is 4.79 Å². The quantitative estimate of drug-likeness (QED) is 0.691. The first kappa shape index (κ1) is 12.0. The van der Waals surface area contributed by atoms with Gasteiger partial charge in [0.15, 0.2) is 5.76 Å². The normalized spacial score (nSPS) is 14.4. The van der Waals surface area contributed by atoms with Gasteiger partial charge in [-0.2, -0.15) is 0 Å². The number of anilines is 1. The number of imidazole rings is 1. The van der Waals surface area contributed by atoms with Crippen LogP contribution in [0.4, 0.5) is 5.69 Å². The topological polar surface area (TPSA) is 77.3 Å². The summed E-state index contributed by atoms with van der Waals surface area (Å²) in [6.07, 6.45) is 3.69. The smallest absolute Gasteiger partial charge is 0.290 e. The summed E-state index contributed by atoms with van der Waals surface area (Å²) in [5.41, 5.74) is 7.07. The van der Waals surface area contributed by atoms with Crippen molar-refractivity contribution in [1.29, 1.82) is 0 Å². The molecule has 0 fully saturated rings. The van der Waals surface area contributed by atoms with Gasteiger partial charge in [-0.25, -0.2) is 4.98 Å². The lowest BCUT2D eigenvalue weighted by Crippen LogP contribution is -2.38. The molecule has 2 aromatic heterocycles. The van der Waals surface area contributed by atoms with Crippen LogP contribution in [-0.4, -0.2) is 26.9 Å². The number of fused-ring (bicyclic) bond motifs is 2. The molecule has 0 bridgehead atoms. The number of carbonyl (C=O) groups is 1. The van der Waals surface area contributed by atoms with Crippen molar-refractivity contribution in [2.24, 2.45) is 0 Å². The molecule has 6 nitrogen and oxygen atoms in total. The number of hydrogen-bond donors (Lipinski definition) is 1. The predicted octanol–water partition coefficient (Wildman–Crippen LogP) is 1.87. The zero-order chi connectivity index (χ0) is 14.4. The molecule has 21 heavy (non-hydrogen) atoms. The number of carbonyl (C=O) groups excluding carboxylic acids is 1. The molecule has 3 heterocycles. The Kier molecular flexibility index (Phi) is 2.50. The van der Waals surface area contributed by atoms with Gasteiger partial charge in [0.1, 0.15) is 11.4 Å². The molecule has 0 atom stereocenters. The summed E-state index contributed by atoms with van der Waals surface area (Å²) in [5, 5.41) is 0.844. The van der Waals surface area contributed by atoms with E-state index >= 15 is 0 Å². The van der Waals surface area contributed by atoms with Crippen molar-refractivity contribution in [2.45, 2.75) is 13.1 Å². The van der Waals surface area contributed by atoms with Crippen LogP contribution < -0.4 is 5.73 Å². The lowest BCUT2D eigenvalue weighted by Gasteiger charge is -2.26. The molecule has 2 N–H and O–H groups in total. The van der Waals surface area contributed by atoms with E-state index < -0.39 is 0 Å². The highest BCUT2D eigenvalue weighted by Gasteiger charge is 2.24. The molecule has 6 heteroatoms. The second-order valence-corrected chi connectivity index (χ2v) is 5.17. The zero-order valence-corrected chi connectivity index (χ0v) is 11.3. The van der Waals surface area contributed by atoms with Crippen LogP contribution in [0.5, 0.6) is 0 Å². The summed E-state index contributed by atoms with van der Waals surface area (Å²) in [6, 6.07) is 7.09. The second-order valence-electron chi connectivity index (χ2n) is 5.17. The van der Waals surface area contributed by atoms with Gasteiger partial charge in [0.2, 0.25) is 0 Å². The van der Waals surface area contributed by atoms with Gasteiger partial charge >= 0.3 is 0 Å². The molecule has 1 aromatic carbocycles. The number of benzene rings is 1. The van der Waals surface area contributed by atoms with E-state index in [4.69, 9.17) is 10.2 Å². The summed E-state index contributed by atoms with van der Waals surface area (Å²) < 4.78 is 7.69. The first-order chi connectivity index (χ1) is 10.2. The van der Waals surface area contributed by atoms with Crippen molar-refractivity contribution in [3.05, 3.63) is 48.2 Å². The van der Waals surface area contributed by atoms with Gasteiger partial charge in [0.25, 0.3) is 5.91 Å². The van der Waals surface area contributed by atoms with Crippen molar-refractivity contribution >= 4 is 22.6 Å². The maximum atomic E-state index is 12.5. The Hall–Kier alpha value is -2.76. The van der Waals surface area contributed by atoms with Gasteiger partial charge in [0, 0.05) is 36.6 Å². The number of nitrogen functional groups attached to an aromatic ring is 1. The third-order valence-electron chi connectivity index (χ3n) is 3.78. The molecule has 1 aliphatic heterocycles. The number of amides is 1. The fraction of sp³-hybridized carbons (Fsp3) is 0.200. The van der Waals surface area contributed by atoms with Crippen molar-refractivity contribution in [2.75, 3.05) is 12.3 Å². The number of nitrogens with two attached hydrogens (primary N) is 1. The summed E-state index contributed by atoms with van der Waals surface area (Å²) in [4.78, 5) is 18.6. The Morgan fingerprint density at radius 3 is 3.10 bits per heavy atom. The van der Waals surface area contributed by atoms with Crippen LogP contribution in [0.2, 0.25) is 0 Å². The van der Waals surface area contributed by atoms with E-state index in [1.807, 2.05) is 6.20 Å². The summed E-state index contributed by atoms with van der Waals surface area (Å²) in [7, 11) is 0. The van der Waals surface area contributed by atoms with Crippen LogP contribution >= 0.6 is 0 Å². The molecule has 4 rings (SSSR count). The average Bonchev–Trinajstić information content (AvgIpc) is 3.11. The standard InChI is InChI=1S/C15H14N4O2/c16-11-1-2-12-10(7-11)8-13(21-12)15(20)19-6-5-18-4-3-17-14(18)9-19/h1-4,7-8H,5-6,9,16H2. The Bertz CT molecular complexity index is 833. The minimum Gasteiger partial charge on any atom is -0.451 e. The Morgan fingerprint density at radius 2 is 2.19 bits per heavy atom. The Labute approximate surface area is 120 Å². The number of furan rings is 1. The molecule has 0 radical (unpaired) electrons. The number of nitrogens with zero attached hydrogens (tertiary/aromatic N) is 3. The largest absolute Gasteiger partial charge is 0.451 e. The van der Waals surface area contributed by atoms with Gasteiger partial charge in [0.05, 0.1) is 6.54 Å². The predicted molar refractivity (Wildman–Crippen MR) is 77.6 cm³/mol. The first-order valence-corrected chi connectivity index (χ1v) is 6.79. The molecular weight excluding hydrogens is 268 g/mol. The van der Waals surface area contributed by atoms with Crippen LogP contribution in [0.1, 0.15) is 16.4 Å². The van der Waals surface area contributed by atoms with Gasteiger partial charge < -0.3 is 19.6 Å². The van der Waals surface area contributed by atoms with E-state index in [0.29, 0.717) is 30.1 Å². The van der Waals surface area contributed by atoms with E-state index in [2.05, 4.69) is 9.55 Å². The average molecular weight is 282 g/mol. The van der Waals surface area contributed by atoms with Crippen LogP contribution in [0.25, 0.3) is 11.0 Å². The molecule has 0 aliphatic carbocycles. The van der Waals surface area contributed by atoms with Gasteiger partial charge in [-0.1, -0.05) is 0 Å². The molecule has 1 aliphatic rings. The minimum absolute atomic E-state index is 0.112. The molecule has 0 saturated carbocycles. The molecule has 0 spiro atoms. The minimum atomic E-state index is -0.112. The number of rotatable bonds is 1. The highest BCUT2D eigenvalue weighted by Crippen LogP contribution is 2.23. The Morgan fingerprint density at radius 1 is 1.29 bits per heavy atom. The van der Waals surface area contributed by atoms with E-state index in [1.165, 1.54) is 0 Å². The number of hydrogen-bond acceptors (Lipinski definition) is 4. The summed E-state index contributed by atoms with van der Waals surface area (Å²) in [5.74, 6) is 1.13. The molecule has 1 amide bonds. The highest BCUT2D eigenvalue weighted by atomic mass is 16.3. The first-order valence-electron chi connectivity index (χ1n) is 6.79. The second kappa shape index (κ2) is 4.37. The fourth-order valence-corrected chi connectivity index (χ4v) is 2.67. The van der Waals surface area contributed by atoms with Crippen LogP contribution in [0.15, 0.2) is 41.1 Å². The van der Waals surface area contributed by atoms with Crippen molar-refractivity contribution < 1.29 is 9.21 Å². The van der Waals surface area contributed by atoms with E-state index in [-0.39, 0.29) is 5.91 Å². The highest BCUT2D eigenvalue weighted by molar-refractivity contribution is 5.96.